The zero-order valence-electron chi connectivity index (χ0n) is 12.5. The van der Waals surface area contributed by atoms with E-state index in [2.05, 4.69) is 10.3 Å². The second kappa shape index (κ2) is 6.19. The van der Waals surface area contributed by atoms with E-state index in [9.17, 15) is 9.59 Å². The summed E-state index contributed by atoms with van der Waals surface area (Å²) in [5.74, 6) is 0.425. The molecule has 1 unspecified atom stereocenters. The van der Waals surface area contributed by atoms with Crippen molar-refractivity contribution in [1.29, 1.82) is 0 Å². The molecule has 0 radical (unpaired) electrons. The van der Waals surface area contributed by atoms with Gasteiger partial charge in [0.25, 0.3) is 5.56 Å². The summed E-state index contributed by atoms with van der Waals surface area (Å²) in [4.78, 5) is 27.1. The molecule has 116 valence electrons. The Bertz CT molecular complexity index is 724. The molecule has 2 aromatic rings. The highest BCUT2D eigenvalue weighted by Crippen LogP contribution is 2.12. The fourth-order valence-corrected chi connectivity index (χ4v) is 2.56. The number of nitrogens with one attached hydrogen (secondary N) is 2. The van der Waals surface area contributed by atoms with Gasteiger partial charge in [-0.3, -0.25) is 9.78 Å². The molecule has 3 rings (SSSR count). The Labute approximate surface area is 127 Å². The Morgan fingerprint density at radius 1 is 1.32 bits per heavy atom. The second-order valence-electron chi connectivity index (χ2n) is 5.51. The van der Waals surface area contributed by atoms with Gasteiger partial charge in [-0.2, -0.15) is 0 Å². The first-order chi connectivity index (χ1) is 10.6. The molecule has 1 aromatic carbocycles. The van der Waals surface area contributed by atoms with Crippen molar-refractivity contribution in [3.8, 4) is 5.69 Å². The Kier molecular flexibility index (Phi) is 4.11. The molecule has 0 amide bonds. The SMILES string of the molecule is Cc1ccc(-n2c(=O)cc(NCC3CCCO3)[nH]c2=O)cc1. The Balaban J connectivity index is 1.83. The van der Waals surface area contributed by atoms with Crippen LogP contribution in [0.3, 0.4) is 0 Å². The van der Waals surface area contributed by atoms with Crippen LogP contribution in [0.5, 0.6) is 0 Å². The summed E-state index contributed by atoms with van der Waals surface area (Å²) in [6.45, 7) is 3.32. The lowest BCUT2D eigenvalue weighted by Gasteiger charge is -2.12. The van der Waals surface area contributed by atoms with Crippen LogP contribution in [0, 0.1) is 6.92 Å². The largest absolute Gasteiger partial charge is 0.376 e. The molecule has 6 nitrogen and oxygen atoms in total. The summed E-state index contributed by atoms with van der Waals surface area (Å²) in [5.41, 5.74) is 0.819. The number of H-pyrrole nitrogens is 1. The molecule has 0 bridgehead atoms. The molecule has 1 aromatic heterocycles. The summed E-state index contributed by atoms with van der Waals surface area (Å²) in [7, 11) is 0. The standard InChI is InChI=1S/C16H19N3O3/c1-11-4-6-12(7-5-11)19-15(20)9-14(18-16(19)21)17-10-13-3-2-8-22-13/h4-7,9,13,17H,2-3,8,10H2,1H3,(H,18,21). The molecule has 22 heavy (non-hydrogen) atoms. The summed E-state index contributed by atoms with van der Waals surface area (Å²) in [6, 6.07) is 8.64. The first-order valence-corrected chi connectivity index (χ1v) is 7.42. The van der Waals surface area contributed by atoms with E-state index in [1.807, 2.05) is 19.1 Å². The highest BCUT2D eigenvalue weighted by Gasteiger charge is 2.15. The van der Waals surface area contributed by atoms with Crippen LogP contribution in [0.15, 0.2) is 39.9 Å². The predicted octanol–water partition coefficient (Wildman–Crippen LogP) is 1.43. The molecule has 1 saturated heterocycles. The van der Waals surface area contributed by atoms with Crippen molar-refractivity contribution in [2.24, 2.45) is 0 Å². The fourth-order valence-electron chi connectivity index (χ4n) is 2.56. The first kappa shape index (κ1) is 14.6. The van der Waals surface area contributed by atoms with Crippen LogP contribution >= 0.6 is 0 Å². The van der Waals surface area contributed by atoms with E-state index in [-0.39, 0.29) is 11.7 Å². The van der Waals surface area contributed by atoms with Crippen molar-refractivity contribution in [2.45, 2.75) is 25.9 Å². The predicted molar refractivity (Wildman–Crippen MR) is 84.9 cm³/mol. The molecule has 2 heterocycles. The van der Waals surface area contributed by atoms with Crippen LogP contribution in [0.4, 0.5) is 5.82 Å². The van der Waals surface area contributed by atoms with Crippen LogP contribution < -0.4 is 16.6 Å². The van der Waals surface area contributed by atoms with Crippen LogP contribution in [0.2, 0.25) is 0 Å². The molecule has 1 fully saturated rings. The van der Waals surface area contributed by atoms with Gasteiger partial charge in [-0.1, -0.05) is 17.7 Å². The lowest BCUT2D eigenvalue weighted by atomic mass is 10.2. The molecule has 0 aliphatic carbocycles. The van der Waals surface area contributed by atoms with Crippen molar-refractivity contribution in [1.82, 2.24) is 9.55 Å². The summed E-state index contributed by atoms with van der Waals surface area (Å²) >= 11 is 0. The fraction of sp³-hybridized carbons (Fsp3) is 0.375. The monoisotopic (exact) mass is 301 g/mol. The van der Waals surface area contributed by atoms with Gasteiger partial charge < -0.3 is 10.1 Å². The summed E-state index contributed by atoms with van der Waals surface area (Å²) < 4.78 is 6.62. The van der Waals surface area contributed by atoms with E-state index in [1.54, 1.807) is 12.1 Å². The Morgan fingerprint density at radius 3 is 2.73 bits per heavy atom. The van der Waals surface area contributed by atoms with Crippen molar-refractivity contribution in [2.75, 3.05) is 18.5 Å². The van der Waals surface area contributed by atoms with Gasteiger partial charge in [0.15, 0.2) is 0 Å². The van der Waals surface area contributed by atoms with E-state index in [4.69, 9.17) is 4.74 Å². The van der Waals surface area contributed by atoms with Crippen LogP contribution in [0.1, 0.15) is 18.4 Å². The second-order valence-corrected chi connectivity index (χ2v) is 5.51. The molecular weight excluding hydrogens is 282 g/mol. The maximum Gasteiger partial charge on any atom is 0.334 e. The van der Waals surface area contributed by atoms with Gasteiger partial charge in [0.05, 0.1) is 11.8 Å². The minimum absolute atomic E-state index is 0.142. The first-order valence-electron chi connectivity index (χ1n) is 7.42. The molecule has 0 spiro atoms. The molecule has 6 heteroatoms. The number of hydrogen-bond acceptors (Lipinski definition) is 4. The van der Waals surface area contributed by atoms with E-state index < -0.39 is 5.69 Å². The van der Waals surface area contributed by atoms with E-state index in [0.29, 0.717) is 18.1 Å². The minimum atomic E-state index is -0.453. The molecule has 1 aliphatic rings. The average molecular weight is 301 g/mol. The van der Waals surface area contributed by atoms with Crippen molar-refractivity contribution in [3.05, 3.63) is 56.7 Å². The van der Waals surface area contributed by atoms with Crippen molar-refractivity contribution >= 4 is 5.82 Å². The lowest BCUT2D eigenvalue weighted by molar-refractivity contribution is 0.120. The Hall–Kier alpha value is -2.34. The smallest absolute Gasteiger partial charge is 0.334 e. The van der Waals surface area contributed by atoms with Gasteiger partial charge in [0.2, 0.25) is 0 Å². The number of anilines is 1. The third-order valence-corrected chi connectivity index (χ3v) is 3.77. The molecule has 1 aliphatic heterocycles. The summed E-state index contributed by atoms with van der Waals surface area (Å²) in [5, 5.41) is 3.06. The van der Waals surface area contributed by atoms with Crippen LogP contribution in [-0.4, -0.2) is 28.8 Å². The number of aromatic nitrogens is 2. The zero-order chi connectivity index (χ0) is 15.5. The van der Waals surface area contributed by atoms with Gasteiger partial charge in [-0.15, -0.1) is 0 Å². The maximum absolute atomic E-state index is 12.2. The average Bonchev–Trinajstić information content (AvgIpc) is 3.00. The highest BCUT2D eigenvalue weighted by molar-refractivity contribution is 5.38. The topological polar surface area (TPSA) is 76.1 Å². The summed E-state index contributed by atoms with van der Waals surface area (Å²) in [6.07, 6.45) is 2.19. The van der Waals surface area contributed by atoms with E-state index in [1.165, 1.54) is 6.07 Å². The van der Waals surface area contributed by atoms with E-state index in [0.717, 1.165) is 29.6 Å². The van der Waals surface area contributed by atoms with Crippen molar-refractivity contribution in [3.63, 3.8) is 0 Å². The number of aryl methyl sites for hydroxylation is 1. The number of hydrogen-bond donors (Lipinski definition) is 2. The van der Waals surface area contributed by atoms with E-state index >= 15 is 0 Å². The number of aromatic amines is 1. The van der Waals surface area contributed by atoms with Crippen LogP contribution in [0.25, 0.3) is 5.69 Å². The van der Waals surface area contributed by atoms with Gasteiger partial charge in [-0.25, -0.2) is 9.36 Å². The van der Waals surface area contributed by atoms with Gasteiger partial charge in [0, 0.05) is 19.2 Å². The third kappa shape index (κ3) is 3.12. The third-order valence-electron chi connectivity index (χ3n) is 3.77. The van der Waals surface area contributed by atoms with Gasteiger partial charge >= 0.3 is 5.69 Å². The molecule has 2 N–H and O–H groups in total. The highest BCUT2D eigenvalue weighted by atomic mass is 16.5. The Morgan fingerprint density at radius 2 is 2.09 bits per heavy atom. The lowest BCUT2D eigenvalue weighted by Crippen LogP contribution is -2.34. The zero-order valence-corrected chi connectivity index (χ0v) is 12.5. The van der Waals surface area contributed by atoms with Gasteiger partial charge in [0.1, 0.15) is 5.82 Å². The van der Waals surface area contributed by atoms with Crippen molar-refractivity contribution < 1.29 is 4.74 Å². The molecule has 0 saturated carbocycles. The van der Waals surface area contributed by atoms with Crippen LogP contribution in [-0.2, 0) is 4.74 Å². The maximum atomic E-state index is 12.2. The number of nitrogens with zero attached hydrogens (tertiary/aromatic N) is 1. The minimum Gasteiger partial charge on any atom is -0.376 e. The molecule has 1 atom stereocenters. The van der Waals surface area contributed by atoms with Gasteiger partial charge in [-0.05, 0) is 31.9 Å². The molecular formula is C16H19N3O3. The quantitative estimate of drug-likeness (QED) is 0.895. The number of benzene rings is 1. The number of ether oxygens (including phenoxy) is 1. The number of rotatable bonds is 4. The normalized spacial score (nSPS) is 17.6.